The van der Waals surface area contributed by atoms with Crippen molar-refractivity contribution in [2.75, 3.05) is 18.5 Å². The van der Waals surface area contributed by atoms with Crippen molar-refractivity contribution in [3.05, 3.63) is 53.6 Å². The van der Waals surface area contributed by atoms with Crippen LogP contribution >= 0.6 is 0 Å². The van der Waals surface area contributed by atoms with Crippen molar-refractivity contribution in [2.24, 2.45) is 0 Å². The van der Waals surface area contributed by atoms with Crippen molar-refractivity contribution in [2.45, 2.75) is 18.9 Å². The maximum absolute atomic E-state index is 12.3. The molecule has 1 unspecified atom stereocenters. The largest absolute Gasteiger partial charge is 0.311 e. The van der Waals surface area contributed by atoms with Crippen LogP contribution in [0.4, 0.5) is 5.69 Å². The molecule has 0 spiro atoms. The summed E-state index contributed by atoms with van der Waals surface area (Å²) in [6.07, 6.45) is 1.85. The first-order chi connectivity index (χ1) is 10.3. The summed E-state index contributed by atoms with van der Waals surface area (Å²) in [5.74, 6) is 0.188. The lowest BCUT2D eigenvalue weighted by Crippen LogP contribution is -2.36. The van der Waals surface area contributed by atoms with Crippen LogP contribution in [0, 0.1) is 0 Å². The van der Waals surface area contributed by atoms with E-state index in [2.05, 4.69) is 47.8 Å². The molecule has 3 heteroatoms. The standard InChI is InChI=1S/C18H18N2O/c1-19-17-8-9-20(18(17)21)14-6-7-16-13(11-14)10-12-4-2-3-5-15(12)16/h2-7,11,17,19H,8-10H2,1H3. The lowest BCUT2D eigenvalue weighted by atomic mass is 10.1. The molecule has 1 heterocycles. The van der Waals surface area contributed by atoms with Crippen molar-refractivity contribution in [3.63, 3.8) is 0 Å². The van der Waals surface area contributed by atoms with Gasteiger partial charge in [-0.3, -0.25) is 4.79 Å². The van der Waals surface area contributed by atoms with Crippen LogP contribution in [0.25, 0.3) is 11.1 Å². The number of nitrogens with zero attached hydrogens (tertiary/aromatic N) is 1. The Morgan fingerprint density at radius 3 is 2.71 bits per heavy atom. The fourth-order valence-corrected chi connectivity index (χ4v) is 3.50. The van der Waals surface area contributed by atoms with Gasteiger partial charge in [-0.25, -0.2) is 0 Å². The molecule has 1 aliphatic carbocycles. The van der Waals surface area contributed by atoms with Gasteiger partial charge in [-0.05, 0) is 54.3 Å². The molecule has 4 rings (SSSR count). The Bertz CT molecular complexity index is 723. The molecule has 0 radical (unpaired) electrons. The molecule has 1 aliphatic heterocycles. The Kier molecular flexibility index (Phi) is 2.82. The second kappa shape index (κ2) is 4.71. The molecule has 21 heavy (non-hydrogen) atoms. The minimum Gasteiger partial charge on any atom is -0.311 e. The summed E-state index contributed by atoms with van der Waals surface area (Å²) >= 11 is 0. The Hall–Kier alpha value is -2.13. The van der Waals surface area contributed by atoms with Crippen LogP contribution in [0.15, 0.2) is 42.5 Å². The molecule has 0 aromatic heterocycles. The third kappa shape index (κ3) is 1.88. The number of likely N-dealkylation sites (N-methyl/N-ethyl adjacent to an activating group) is 1. The minimum absolute atomic E-state index is 0.0320. The Morgan fingerprint density at radius 1 is 1.10 bits per heavy atom. The number of amides is 1. The van der Waals surface area contributed by atoms with Crippen LogP contribution in [0.5, 0.6) is 0 Å². The van der Waals surface area contributed by atoms with E-state index in [1.807, 2.05) is 11.9 Å². The maximum atomic E-state index is 12.3. The summed E-state index contributed by atoms with van der Waals surface area (Å²) < 4.78 is 0. The average Bonchev–Trinajstić information content (AvgIpc) is 3.06. The molecule has 2 aliphatic rings. The molecule has 2 aromatic carbocycles. The molecule has 1 saturated heterocycles. The summed E-state index contributed by atoms with van der Waals surface area (Å²) in [5.41, 5.74) is 6.38. The summed E-state index contributed by atoms with van der Waals surface area (Å²) in [4.78, 5) is 14.2. The Morgan fingerprint density at radius 2 is 1.90 bits per heavy atom. The first kappa shape index (κ1) is 12.6. The summed E-state index contributed by atoms with van der Waals surface area (Å²) in [7, 11) is 1.85. The van der Waals surface area contributed by atoms with Crippen molar-refractivity contribution < 1.29 is 4.79 Å². The van der Waals surface area contributed by atoms with E-state index in [4.69, 9.17) is 0 Å². The van der Waals surface area contributed by atoms with Crippen LogP contribution in [0.3, 0.4) is 0 Å². The van der Waals surface area contributed by atoms with E-state index in [9.17, 15) is 4.79 Å². The number of hydrogen-bond donors (Lipinski definition) is 1. The van der Waals surface area contributed by atoms with Crippen molar-refractivity contribution in [1.82, 2.24) is 5.32 Å². The number of rotatable bonds is 2. The third-order valence-electron chi connectivity index (χ3n) is 4.64. The first-order valence-corrected chi connectivity index (χ1v) is 7.48. The number of carbonyl (C=O) groups is 1. The predicted molar refractivity (Wildman–Crippen MR) is 84.5 cm³/mol. The quantitative estimate of drug-likeness (QED) is 0.781. The van der Waals surface area contributed by atoms with E-state index >= 15 is 0 Å². The van der Waals surface area contributed by atoms with Gasteiger partial charge in [-0.15, -0.1) is 0 Å². The third-order valence-corrected chi connectivity index (χ3v) is 4.64. The number of hydrogen-bond acceptors (Lipinski definition) is 2. The van der Waals surface area contributed by atoms with Gasteiger partial charge in [0.1, 0.15) is 0 Å². The molecule has 106 valence electrons. The van der Waals surface area contributed by atoms with E-state index < -0.39 is 0 Å². The highest BCUT2D eigenvalue weighted by atomic mass is 16.2. The molecule has 1 amide bonds. The zero-order valence-electron chi connectivity index (χ0n) is 12.1. The smallest absolute Gasteiger partial charge is 0.244 e. The number of nitrogens with one attached hydrogen (secondary N) is 1. The van der Waals surface area contributed by atoms with Gasteiger partial charge in [0.05, 0.1) is 6.04 Å². The fourth-order valence-electron chi connectivity index (χ4n) is 3.50. The molecule has 0 bridgehead atoms. The fraction of sp³-hybridized carbons (Fsp3) is 0.278. The minimum atomic E-state index is -0.0320. The van der Waals surface area contributed by atoms with Gasteiger partial charge >= 0.3 is 0 Å². The number of fused-ring (bicyclic) bond motifs is 3. The lowest BCUT2D eigenvalue weighted by Gasteiger charge is -2.18. The second-order valence-electron chi connectivity index (χ2n) is 5.80. The molecular formula is C18H18N2O. The van der Waals surface area contributed by atoms with E-state index in [0.717, 1.165) is 25.1 Å². The van der Waals surface area contributed by atoms with Crippen molar-refractivity contribution >= 4 is 11.6 Å². The van der Waals surface area contributed by atoms with E-state index in [1.54, 1.807) is 0 Å². The first-order valence-electron chi connectivity index (χ1n) is 7.48. The zero-order chi connectivity index (χ0) is 14.4. The SMILES string of the molecule is CNC1CCN(c2ccc3c(c2)Cc2ccccc2-3)C1=O. The van der Waals surface area contributed by atoms with E-state index in [-0.39, 0.29) is 11.9 Å². The zero-order valence-corrected chi connectivity index (χ0v) is 12.1. The molecule has 3 nitrogen and oxygen atoms in total. The van der Waals surface area contributed by atoms with Gasteiger partial charge in [-0.1, -0.05) is 30.3 Å². The lowest BCUT2D eigenvalue weighted by molar-refractivity contribution is -0.118. The molecule has 2 aromatic rings. The van der Waals surface area contributed by atoms with Gasteiger partial charge in [0.15, 0.2) is 0 Å². The van der Waals surface area contributed by atoms with Gasteiger partial charge in [-0.2, -0.15) is 0 Å². The van der Waals surface area contributed by atoms with Crippen molar-refractivity contribution in [3.8, 4) is 11.1 Å². The number of benzene rings is 2. The predicted octanol–water partition coefficient (Wildman–Crippen LogP) is 2.58. The monoisotopic (exact) mass is 278 g/mol. The van der Waals surface area contributed by atoms with Crippen LogP contribution < -0.4 is 10.2 Å². The van der Waals surface area contributed by atoms with Crippen LogP contribution in [-0.2, 0) is 11.2 Å². The van der Waals surface area contributed by atoms with Gasteiger partial charge < -0.3 is 10.2 Å². The highest BCUT2D eigenvalue weighted by Crippen LogP contribution is 2.38. The van der Waals surface area contributed by atoms with Gasteiger partial charge in [0.25, 0.3) is 0 Å². The van der Waals surface area contributed by atoms with Gasteiger partial charge in [0, 0.05) is 12.2 Å². The summed E-state index contributed by atoms with van der Waals surface area (Å²) in [6.45, 7) is 0.802. The second-order valence-corrected chi connectivity index (χ2v) is 5.80. The molecular weight excluding hydrogens is 260 g/mol. The molecule has 1 fully saturated rings. The molecule has 1 atom stereocenters. The summed E-state index contributed by atoms with van der Waals surface area (Å²) in [5, 5.41) is 3.09. The summed E-state index contributed by atoms with van der Waals surface area (Å²) in [6, 6.07) is 14.9. The maximum Gasteiger partial charge on any atom is 0.244 e. The topological polar surface area (TPSA) is 32.3 Å². The highest BCUT2D eigenvalue weighted by Gasteiger charge is 2.31. The normalized spacial score (nSPS) is 19.8. The van der Waals surface area contributed by atoms with Crippen LogP contribution in [-0.4, -0.2) is 25.5 Å². The molecule has 1 N–H and O–H groups in total. The van der Waals surface area contributed by atoms with E-state index in [0.29, 0.717) is 0 Å². The van der Waals surface area contributed by atoms with Crippen LogP contribution in [0.1, 0.15) is 17.5 Å². The highest BCUT2D eigenvalue weighted by molar-refractivity contribution is 6.00. The van der Waals surface area contributed by atoms with Crippen LogP contribution in [0.2, 0.25) is 0 Å². The Balaban J connectivity index is 1.69. The average molecular weight is 278 g/mol. The number of anilines is 1. The van der Waals surface area contributed by atoms with Crippen molar-refractivity contribution in [1.29, 1.82) is 0 Å². The molecule has 0 saturated carbocycles. The Labute approximate surface area is 124 Å². The van der Waals surface area contributed by atoms with Gasteiger partial charge in [0.2, 0.25) is 5.91 Å². The number of carbonyl (C=O) groups excluding carboxylic acids is 1. The van der Waals surface area contributed by atoms with E-state index in [1.165, 1.54) is 22.3 Å².